The van der Waals surface area contributed by atoms with E-state index in [0.29, 0.717) is 11.9 Å². The number of alkyl halides is 1. The molecule has 14 heavy (non-hydrogen) atoms. The molecule has 0 atom stereocenters. The highest BCUT2D eigenvalue weighted by molar-refractivity contribution is 6.17. The van der Waals surface area contributed by atoms with Crippen LogP contribution in [0.5, 0.6) is 0 Å². The van der Waals surface area contributed by atoms with E-state index in [0.717, 1.165) is 18.5 Å². The summed E-state index contributed by atoms with van der Waals surface area (Å²) in [7, 11) is 0. The van der Waals surface area contributed by atoms with E-state index in [9.17, 15) is 0 Å². The maximum atomic E-state index is 5.96. The van der Waals surface area contributed by atoms with Crippen LogP contribution in [0.1, 0.15) is 50.7 Å². The SMILES string of the molecule is CCc1nn(C(C)C)c(CC)c1CCl. The third-order valence-electron chi connectivity index (χ3n) is 2.49. The molecule has 0 N–H and O–H groups in total. The normalized spacial score (nSPS) is 11.3. The average molecular weight is 215 g/mol. The van der Waals surface area contributed by atoms with Gasteiger partial charge in [-0.3, -0.25) is 4.68 Å². The van der Waals surface area contributed by atoms with E-state index in [1.165, 1.54) is 11.3 Å². The fourth-order valence-electron chi connectivity index (χ4n) is 1.80. The van der Waals surface area contributed by atoms with Crippen LogP contribution in [0, 0.1) is 0 Å². The molecule has 1 heterocycles. The summed E-state index contributed by atoms with van der Waals surface area (Å²) in [5.41, 5.74) is 3.70. The summed E-state index contributed by atoms with van der Waals surface area (Å²) in [6.45, 7) is 8.60. The van der Waals surface area contributed by atoms with E-state index in [1.807, 2.05) is 0 Å². The molecule has 1 rings (SSSR count). The Morgan fingerprint density at radius 2 is 1.93 bits per heavy atom. The van der Waals surface area contributed by atoms with Gasteiger partial charge in [0.25, 0.3) is 0 Å². The van der Waals surface area contributed by atoms with Crippen molar-refractivity contribution in [1.29, 1.82) is 0 Å². The fraction of sp³-hybridized carbons (Fsp3) is 0.727. The van der Waals surface area contributed by atoms with Crippen LogP contribution in [0.4, 0.5) is 0 Å². The standard InChI is InChI=1S/C11H19ClN2/c1-5-10-9(7-12)11(6-2)14(13-10)8(3)4/h8H,5-7H2,1-4H3. The molecule has 0 saturated heterocycles. The van der Waals surface area contributed by atoms with Crippen molar-refractivity contribution in [1.82, 2.24) is 9.78 Å². The monoisotopic (exact) mass is 214 g/mol. The van der Waals surface area contributed by atoms with Crippen LogP contribution in [-0.4, -0.2) is 9.78 Å². The lowest BCUT2D eigenvalue weighted by Gasteiger charge is -2.09. The van der Waals surface area contributed by atoms with Crippen LogP contribution in [-0.2, 0) is 18.7 Å². The lowest BCUT2D eigenvalue weighted by atomic mass is 10.1. The first kappa shape index (κ1) is 11.6. The first-order chi connectivity index (χ1) is 6.65. The molecule has 0 aliphatic carbocycles. The number of hydrogen-bond donors (Lipinski definition) is 0. The number of rotatable bonds is 4. The van der Waals surface area contributed by atoms with Crippen LogP contribution in [0.3, 0.4) is 0 Å². The van der Waals surface area contributed by atoms with Gasteiger partial charge in [0, 0.05) is 17.3 Å². The van der Waals surface area contributed by atoms with E-state index in [4.69, 9.17) is 11.6 Å². The smallest absolute Gasteiger partial charge is 0.0669 e. The molecule has 0 spiro atoms. The Hall–Kier alpha value is -0.500. The molecular formula is C11H19ClN2. The molecule has 0 aromatic carbocycles. The second kappa shape index (κ2) is 4.83. The number of hydrogen-bond acceptors (Lipinski definition) is 1. The van der Waals surface area contributed by atoms with E-state index in [1.54, 1.807) is 0 Å². The molecule has 0 unspecified atom stereocenters. The summed E-state index contributed by atoms with van der Waals surface area (Å²) in [6.07, 6.45) is 1.97. The van der Waals surface area contributed by atoms with E-state index < -0.39 is 0 Å². The van der Waals surface area contributed by atoms with Crippen molar-refractivity contribution in [2.24, 2.45) is 0 Å². The highest BCUT2D eigenvalue weighted by atomic mass is 35.5. The van der Waals surface area contributed by atoms with Gasteiger partial charge in [0.15, 0.2) is 0 Å². The van der Waals surface area contributed by atoms with Crippen LogP contribution < -0.4 is 0 Å². The van der Waals surface area contributed by atoms with Gasteiger partial charge >= 0.3 is 0 Å². The highest BCUT2D eigenvalue weighted by Crippen LogP contribution is 2.21. The van der Waals surface area contributed by atoms with Crippen LogP contribution >= 0.6 is 11.6 Å². The molecule has 0 bridgehead atoms. The van der Waals surface area contributed by atoms with Crippen molar-refractivity contribution in [3.8, 4) is 0 Å². The second-order valence-corrected chi connectivity index (χ2v) is 4.02. The Bertz CT molecular complexity index is 302. The zero-order valence-corrected chi connectivity index (χ0v) is 10.2. The van der Waals surface area contributed by atoms with Gasteiger partial charge in [-0.05, 0) is 26.7 Å². The number of halogens is 1. The van der Waals surface area contributed by atoms with Crippen molar-refractivity contribution in [3.63, 3.8) is 0 Å². The molecule has 0 saturated carbocycles. The van der Waals surface area contributed by atoms with Gasteiger partial charge in [-0.25, -0.2) is 0 Å². The molecular weight excluding hydrogens is 196 g/mol. The molecule has 0 amide bonds. The molecule has 0 aliphatic heterocycles. The van der Waals surface area contributed by atoms with Gasteiger partial charge in [-0.2, -0.15) is 5.10 Å². The maximum absolute atomic E-state index is 5.96. The van der Waals surface area contributed by atoms with Crippen LogP contribution in [0.15, 0.2) is 0 Å². The van der Waals surface area contributed by atoms with Crippen molar-refractivity contribution >= 4 is 11.6 Å². The van der Waals surface area contributed by atoms with Gasteiger partial charge in [0.05, 0.1) is 11.6 Å². The minimum absolute atomic E-state index is 0.423. The van der Waals surface area contributed by atoms with Crippen molar-refractivity contribution in [2.75, 3.05) is 0 Å². The van der Waals surface area contributed by atoms with Gasteiger partial charge in [0.1, 0.15) is 0 Å². The summed E-state index contributed by atoms with van der Waals surface area (Å²) >= 11 is 5.96. The first-order valence-corrected chi connectivity index (χ1v) is 5.84. The Kier molecular flexibility index (Phi) is 3.99. The minimum Gasteiger partial charge on any atom is -0.267 e. The third-order valence-corrected chi connectivity index (χ3v) is 2.76. The molecule has 1 aromatic heterocycles. The molecule has 1 aromatic rings. The Labute approximate surface area is 91.3 Å². The summed E-state index contributed by atoms with van der Waals surface area (Å²) in [5, 5.41) is 4.60. The predicted molar refractivity (Wildman–Crippen MR) is 60.9 cm³/mol. The van der Waals surface area contributed by atoms with Crippen molar-refractivity contribution < 1.29 is 0 Å². The fourth-order valence-corrected chi connectivity index (χ4v) is 2.10. The lowest BCUT2D eigenvalue weighted by Crippen LogP contribution is -2.07. The van der Waals surface area contributed by atoms with E-state index in [2.05, 4.69) is 37.5 Å². The molecule has 0 radical (unpaired) electrons. The zero-order chi connectivity index (χ0) is 10.7. The largest absolute Gasteiger partial charge is 0.267 e. The van der Waals surface area contributed by atoms with E-state index in [-0.39, 0.29) is 0 Å². The van der Waals surface area contributed by atoms with Crippen LogP contribution in [0.2, 0.25) is 0 Å². The van der Waals surface area contributed by atoms with Gasteiger partial charge < -0.3 is 0 Å². The number of aryl methyl sites for hydroxylation is 1. The lowest BCUT2D eigenvalue weighted by molar-refractivity contribution is 0.506. The summed E-state index contributed by atoms with van der Waals surface area (Å²) < 4.78 is 2.11. The first-order valence-electron chi connectivity index (χ1n) is 5.30. The topological polar surface area (TPSA) is 17.8 Å². The molecule has 2 nitrogen and oxygen atoms in total. The Morgan fingerprint density at radius 1 is 1.29 bits per heavy atom. The zero-order valence-electron chi connectivity index (χ0n) is 9.47. The average Bonchev–Trinajstić information content (AvgIpc) is 2.54. The van der Waals surface area contributed by atoms with E-state index >= 15 is 0 Å². The third kappa shape index (κ3) is 1.95. The van der Waals surface area contributed by atoms with Crippen molar-refractivity contribution in [2.45, 2.75) is 52.5 Å². The van der Waals surface area contributed by atoms with Gasteiger partial charge in [0.2, 0.25) is 0 Å². The van der Waals surface area contributed by atoms with Crippen molar-refractivity contribution in [3.05, 3.63) is 17.0 Å². The molecule has 3 heteroatoms. The van der Waals surface area contributed by atoms with Crippen LogP contribution in [0.25, 0.3) is 0 Å². The molecule has 0 aliphatic rings. The molecule has 0 fully saturated rings. The summed E-state index contributed by atoms with van der Waals surface area (Å²) in [6, 6.07) is 0.423. The summed E-state index contributed by atoms with van der Waals surface area (Å²) in [5.74, 6) is 0.582. The highest BCUT2D eigenvalue weighted by Gasteiger charge is 2.15. The summed E-state index contributed by atoms with van der Waals surface area (Å²) in [4.78, 5) is 0. The quantitative estimate of drug-likeness (QED) is 0.704. The second-order valence-electron chi connectivity index (χ2n) is 3.75. The minimum atomic E-state index is 0.423. The Morgan fingerprint density at radius 3 is 2.29 bits per heavy atom. The van der Waals surface area contributed by atoms with Gasteiger partial charge in [-0.15, -0.1) is 11.6 Å². The Balaban J connectivity index is 3.24. The number of aromatic nitrogens is 2. The predicted octanol–water partition coefficient (Wildman–Crippen LogP) is 3.33. The number of nitrogens with zero attached hydrogens (tertiary/aromatic N) is 2. The molecule has 80 valence electrons. The maximum Gasteiger partial charge on any atom is 0.0669 e. The van der Waals surface area contributed by atoms with Gasteiger partial charge in [-0.1, -0.05) is 13.8 Å².